The zero-order chi connectivity index (χ0) is 19.1. The number of hydrogen-bond donors (Lipinski definition) is 2. The van der Waals surface area contributed by atoms with Gasteiger partial charge in [0, 0.05) is 10.4 Å². The number of nitrogens with one attached hydrogen (secondary N) is 1. The molecule has 2 aromatic rings. The number of thiazole rings is 1. The van der Waals surface area contributed by atoms with E-state index in [1.165, 1.54) is 11.3 Å². The minimum atomic E-state index is -1.03. The lowest BCUT2D eigenvalue weighted by Crippen LogP contribution is -2.42. The molecular formula is C18H21ClN2O4S. The number of carbonyl (C=O) groups excluding carboxylic acids is 1. The molecule has 0 radical (unpaired) electrons. The average Bonchev–Trinajstić information content (AvgIpc) is 3.00. The second-order valence-corrected chi connectivity index (χ2v) is 7.62. The Hall–Kier alpha value is -2.12. The molecule has 0 aliphatic rings. The highest BCUT2D eigenvalue weighted by molar-refractivity contribution is 7.09. The summed E-state index contributed by atoms with van der Waals surface area (Å²) >= 11 is 7.21. The number of carboxylic acid groups (broad SMARTS) is 1. The molecule has 2 rings (SSSR count). The van der Waals surface area contributed by atoms with E-state index in [9.17, 15) is 14.7 Å². The molecule has 8 heteroatoms. The van der Waals surface area contributed by atoms with Crippen molar-refractivity contribution in [1.29, 1.82) is 0 Å². The van der Waals surface area contributed by atoms with Gasteiger partial charge in [-0.1, -0.05) is 25.4 Å². The number of aliphatic carboxylic acids is 1. The monoisotopic (exact) mass is 396 g/mol. The van der Waals surface area contributed by atoms with Gasteiger partial charge in [-0.05, 0) is 36.6 Å². The summed E-state index contributed by atoms with van der Waals surface area (Å²) in [5.41, 5.74) is 0.593. The van der Waals surface area contributed by atoms with Gasteiger partial charge in [0.05, 0.1) is 12.1 Å². The van der Waals surface area contributed by atoms with Crippen LogP contribution in [-0.2, 0) is 22.6 Å². The topological polar surface area (TPSA) is 88.5 Å². The van der Waals surface area contributed by atoms with Gasteiger partial charge in [0.2, 0.25) is 5.91 Å². The van der Waals surface area contributed by atoms with Crippen molar-refractivity contribution in [3.05, 3.63) is 45.4 Å². The van der Waals surface area contributed by atoms with Crippen molar-refractivity contribution in [2.24, 2.45) is 5.92 Å². The zero-order valence-electron chi connectivity index (χ0n) is 14.6. The van der Waals surface area contributed by atoms with E-state index in [-0.39, 0.29) is 18.2 Å². The number of aromatic nitrogens is 1. The molecule has 0 spiro atoms. The number of rotatable bonds is 9. The summed E-state index contributed by atoms with van der Waals surface area (Å²) in [5.74, 6) is -0.523. The lowest BCUT2D eigenvalue weighted by atomic mass is 10.0. The van der Waals surface area contributed by atoms with Crippen molar-refractivity contribution in [3.63, 3.8) is 0 Å². The normalized spacial score (nSPS) is 12.0. The molecule has 1 unspecified atom stereocenters. The third kappa shape index (κ3) is 6.65. The molecular weight excluding hydrogens is 376 g/mol. The van der Waals surface area contributed by atoms with Gasteiger partial charge in [-0.2, -0.15) is 0 Å². The Kier molecular flexibility index (Phi) is 7.41. The number of amides is 1. The van der Waals surface area contributed by atoms with E-state index >= 15 is 0 Å². The van der Waals surface area contributed by atoms with Gasteiger partial charge in [0.25, 0.3) is 0 Å². The average molecular weight is 397 g/mol. The van der Waals surface area contributed by atoms with Crippen LogP contribution in [0.15, 0.2) is 29.6 Å². The fraction of sp³-hybridized carbons (Fsp3) is 0.389. The van der Waals surface area contributed by atoms with E-state index < -0.39 is 12.0 Å². The minimum absolute atomic E-state index is 0.0410. The molecule has 0 fully saturated rings. The predicted molar refractivity (Wildman–Crippen MR) is 101 cm³/mol. The lowest BCUT2D eigenvalue weighted by molar-refractivity contribution is -0.142. The standard InChI is InChI=1S/C18H21ClN2O4S/c1-11(2)7-15(18(23)24)21-16(22)8-13-10-26-17(20-13)9-25-14-5-3-12(19)4-6-14/h3-6,10-11,15H,7-9H2,1-2H3,(H,21,22)(H,23,24). The van der Waals surface area contributed by atoms with Crippen LogP contribution in [0.1, 0.15) is 31.0 Å². The van der Waals surface area contributed by atoms with Gasteiger partial charge in [0.1, 0.15) is 23.4 Å². The van der Waals surface area contributed by atoms with Crippen LogP contribution in [0.4, 0.5) is 0 Å². The molecule has 26 heavy (non-hydrogen) atoms. The van der Waals surface area contributed by atoms with E-state index in [0.717, 1.165) is 5.01 Å². The Morgan fingerprint density at radius 1 is 1.31 bits per heavy atom. The van der Waals surface area contributed by atoms with Gasteiger partial charge >= 0.3 is 5.97 Å². The summed E-state index contributed by atoms with van der Waals surface area (Å²) in [7, 11) is 0. The highest BCUT2D eigenvalue weighted by Crippen LogP contribution is 2.18. The maximum absolute atomic E-state index is 12.1. The molecule has 1 amide bonds. The first kappa shape index (κ1) is 20.2. The van der Waals surface area contributed by atoms with E-state index in [1.807, 2.05) is 13.8 Å². The molecule has 1 atom stereocenters. The largest absolute Gasteiger partial charge is 0.486 e. The highest BCUT2D eigenvalue weighted by Gasteiger charge is 2.21. The summed E-state index contributed by atoms with van der Waals surface area (Å²) in [6.07, 6.45) is 0.428. The molecule has 140 valence electrons. The van der Waals surface area contributed by atoms with E-state index in [2.05, 4.69) is 10.3 Å². The molecule has 1 aromatic carbocycles. The first-order valence-electron chi connectivity index (χ1n) is 8.17. The number of halogens is 1. The van der Waals surface area contributed by atoms with Gasteiger partial charge in [-0.15, -0.1) is 11.3 Å². The number of benzene rings is 1. The Morgan fingerprint density at radius 2 is 2.00 bits per heavy atom. The maximum Gasteiger partial charge on any atom is 0.326 e. The van der Waals surface area contributed by atoms with Gasteiger partial charge in [0.15, 0.2) is 0 Å². The molecule has 0 aliphatic heterocycles. The maximum atomic E-state index is 12.1. The van der Waals surface area contributed by atoms with Crippen molar-refractivity contribution >= 4 is 34.8 Å². The van der Waals surface area contributed by atoms with Crippen LogP contribution in [-0.4, -0.2) is 28.0 Å². The molecule has 1 aromatic heterocycles. The lowest BCUT2D eigenvalue weighted by Gasteiger charge is -2.16. The smallest absolute Gasteiger partial charge is 0.326 e. The molecule has 6 nitrogen and oxygen atoms in total. The summed E-state index contributed by atoms with van der Waals surface area (Å²) < 4.78 is 5.62. The third-order valence-electron chi connectivity index (χ3n) is 3.46. The van der Waals surface area contributed by atoms with Gasteiger partial charge in [-0.25, -0.2) is 9.78 Å². The van der Waals surface area contributed by atoms with Crippen molar-refractivity contribution in [3.8, 4) is 5.75 Å². The summed E-state index contributed by atoms with van der Waals surface area (Å²) in [4.78, 5) is 27.6. The Balaban J connectivity index is 1.85. The summed E-state index contributed by atoms with van der Waals surface area (Å²) in [6.45, 7) is 4.12. The first-order chi connectivity index (χ1) is 12.3. The highest BCUT2D eigenvalue weighted by atomic mass is 35.5. The Bertz CT molecular complexity index is 746. The van der Waals surface area contributed by atoms with Crippen LogP contribution in [0.3, 0.4) is 0 Å². The van der Waals surface area contributed by atoms with Gasteiger partial charge in [-0.3, -0.25) is 4.79 Å². The fourth-order valence-electron chi connectivity index (χ4n) is 2.28. The SMILES string of the molecule is CC(C)CC(NC(=O)Cc1csc(COc2ccc(Cl)cc2)n1)C(=O)O. The molecule has 0 aliphatic carbocycles. The van der Waals surface area contributed by atoms with E-state index in [0.29, 0.717) is 29.5 Å². The van der Waals surface area contributed by atoms with Crippen LogP contribution in [0.25, 0.3) is 0 Å². The second-order valence-electron chi connectivity index (χ2n) is 6.24. The van der Waals surface area contributed by atoms with Crippen LogP contribution >= 0.6 is 22.9 Å². The van der Waals surface area contributed by atoms with Crippen LogP contribution in [0.5, 0.6) is 5.75 Å². The molecule has 0 saturated carbocycles. The summed E-state index contributed by atoms with van der Waals surface area (Å²) in [5, 5.41) is 14.9. The van der Waals surface area contributed by atoms with Crippen LogP contribution in [0.2, 0.25) is 5.02 Å². The van der Waals surface area contributed by atoms with E-state index in [4.69, 9.17) is 16.3 Å². The van der Waals surface area contributed by atoms with Crippen molar-refractivity contribution in [1.82, 2.24) is 10.3 Å². The van der Waals surface area contributed by atoms with Crippen LogP contribution < -0.4 is 10.1 Å². The number of ether oxygens (including phenoxy) is 1. The number of hydrogen-bond acceptors (Lipinski definition) is 5. The number of carboxylic acids is 1. The number of nitrogens with zero attached hydrogens (tertiary/aromatic N) is 1. The molecule has 0 saturated heterocycles. The molecule has 1 heterocycles. The molecule has 0 bridgehead atoms. The summed E-state index contributed by atoms with van der Waals surface area (Å²) in [6, 6.07) is 6.14. The second kappa shape index (κ2) is 9.54. The fourth-order valence-corrected chi connectivity index (χ4v) is 3.11. The van der Waals surface area contributed by atoms with Crippen molar-refractivity contribution in [2.75, 3.05) is 0 Å². The predicted octanol–water partition coefficient (Wildman–Crippen LogP) is 3.53. The van der Waals surface area contributed by atoms with Crippen molar-refractivity contribution < 1.29 is 19.4 Å². The molecule has 2 N–H and O–H groups in total. The quantitative estimate of drug-likeness (QED) is 0.676. The van der Waals surface area contributed by atoms with E-state index in [1.54, 1.807) is 29.6 Å². The zero-order valence-corrected chi connectivity index (χ0v) is 16.1. The first-order valence-corrected chi connectivity index (χ1v) is 9.43. The van der Waals surface area contributed by atoms with Crippen LogP contribution in [0, 0.1) is 5.92 Å². The van der Waals surface area contributed by atoms with Gasteiger partial charge < -0.3 is 15.2 Å². The van der Waals surface area contributed by atoms with Crippen molar-refractivity contribution in [2.45, 2.75) is 39.3 Å². The number of carbonyl (C=O) groups is 2. The minimum Gasteiger partial charge on any atom is -0.486 e. The Labute approximate surface area is 161 Å². The third-order valence-corrected chi connectivity index (χ3v) is 4.58. The Morgan fingerprint density at radius 3 is 2.62 bits per heavy atom.